The van der Waals surface area contributed by atoms with Gasteiger partial charge < -0.3 is 9.47 Å². The minimum atomic E-state index is -0.103. The maximum Gasteiger partial charge on any atom is 0.172 e. The average Bonchev–Trinajstić information content (AvgIpc) is 2.59. The van der Waals surface area contributed by atoms with Gasteiger partial charge in [-0.05, 0) is 24.6 Å². The van der Waals surface area contributed by atoms with E-state index in [9.17, 15) is 9.59 Å². The van der Waals surface area contributed by atoms with E-state index in [4.69, 9.17) is 9.47 Å². The number of Topliss-reactive ketones (excluding diaryl/α,β-unsaturated/α-hetero) is 2. The maximum absolute atomic E-state index is 12.4. The van der Waals surface area contributed by atoms with Crippen LogP contribution in [-0.2, 0) is 0 Å². The number of carbonyl (C=O) groups excluding carboxylic acids is 2. The van der Waals surface area contributed by atoms with Crippen molar-refractivity contribution in [1.82, 2.24) is 0 Å². The van der Waals surface area contributed by atoms with Crippen molar-refractivity contribution in [2.45, 2.75) is 19.8 Å². The first-order chi connectivity index (χ1) is 11.2. The van der Waals surface area contributed by atoms with E-state index in [1.807, 2.05) is 25.1 Å². The van der Waals surface area contributed by atoms with E-state index in [-0.39, 0.29) is 24.4 Å². The summed E-state index contributed by atoms with van der Waals surface area (Å²) in [5.74, 6) is 0.965. The summed E-state index contributed by atoms with van der Waals surface area (Å²) in [6.45, 7) is 2.81. The standard InChI is InChI=1S/C19H18O4/c1-13-5-2-3-6-14(13)16(20)9-10-17(21)15-7-4-8-18-19(15)23-12-11-22-18/h2-8H,9-12H2,1H3. The van der Waals surface area contributed by atoms with Crippen LogP contribution in [0.3, 0.4) is 0 Å². The van der Waals surface area contributed by atoms with Gasteiger partial charge in [-0.15, -0.1) is 0 Å². The van der Waals surface area contributed by atoms with Crippen LogP contribution in [0.4, 0.5) is 0 Å². The monoisotopic (exact) mass is 310 g/mol. The van der Waals surface area contributed by atoms with Crippen molar-refractivity contribution >= 4 is 11.6 Å². The number of aryl methyl sites for hydroxylation is 1. The van der Waals surface area contributed by atoms with E-state index in [1.165, 1.54) is 0 Å². The highest BCUT2D eigenvalue weighted by Gasteiger charge is 2.21. The first-order valence-electron chi connectivity index (χ1n) is 7.67. The number of carbonyl (C=O) groups is 2. The van der Waals surface area contributed by atoms with Crippen LogP contribution in [0.15, 0.2) is 42.5 Å². The summed E-state index contributed by atoms with van der Waals surface area (Å²) in [5.41, 5.74) is 2.09. The molecule has 4 heteroatoms. The summed E-state index contributed by atoms with van der Waals surface area (Å²) in [6.07, 6.45) is 0.348. The molecule has 2 aromatic carbocycles. The lowest BCUT2D eigenvalue weighted by atomic mass is 9.98. The van der Waals surface area contributed by atoms with Gasteiger partial charge >= 0.3 is 0 Å². The molecule has 0 radical (unpaired) electrons. The van der Waals surface area contributed by atoms with Crippen LogP contribution in [0.25, 0.3) is 0 Å². The van der Waals surface area contributed by atoms with Gasteiger partial charge in [0.05, 0.1) is 5.56 Å². The first kappa shape index (κ1) is 15.3. The molecule has 2 aromatic rings. The second kappa shape index (κ2) is 6.65. The fraction of sp³-hybridized carbons (Fsp3) is 0.263. The summed E-state index contributed by atoms with van der Waals surface area (Å²) in [6, 6.07) is 12.7. The van der Waals surface area contributed by atoms with E-state index >= 15 is 0 Å². The molecule has 1 aliphatic heterocycles. The summed E-state index contributed by atoms with van der Waals surface area (Å²) in [5, 5.41) is 0. The number of ketones is 2. The lowest BCUT2D eigenvalue weighted by molar-refractivity contribution is 0.0911. The highest BCUT2D eigenvalue weighted by molar-refractivity contribution is 6.04. The zero-order valence-electron chi connectivity index (χ0n) is 13.0. The van der Waals surface area contributed by atoms with Gasteiger partial charge in [-0.25, -0.2) is 0 Å². The Morgan fingerprint density at radius 3 is 2.30 bits per heavy atom. The quantitative estimate of drug-likeness (QED) is 0.792. The Balaban J connectivity index is 1.71. The summed E-state index contributed by atoms with van der Waals surface area (Å²) in [4.78, 5) is 24.7. The van der Waals surface area contributed by atoms with Gasteiger partial charge in [-0.1, -0.05) is 30.3 Å². The van der Waals surface area contributed by atoms with E-state index in [2.05, 4.69) is 0 Å². The van der Waals surface area contributed by atoms with Crippen LogP contribution in [0.5, 0.6) is 11.5 Å². The number of fused-ring (bicyclic) bond motifs is 1. The second-order valence-corrected chi connectivity index (χ2v) is 5.49. The van der Waals surface area contributed by atoms with Crippen molar-refractivity contribution in [3.63, 3.8) is 0 Å². The molecular weight excluding hydrogens is 292 g/mol. The summed E-state index contributed by atoms with van der Waals surface area (Å²) in [7, 11) is 0. The highest BCUT2D eigenvalue weighted by Crippen LogP contribution is 2.34. The van der Waals surface area contributed by atoms with E-state index in [0.29, 0.717) is 35.8 Å². The van der Waals surface area contributed by atoms with E-state index in [0.717, 1.165) is 5.56 Å². The van der Waals surface area contributed by atoms with Gasteiger partial charge in [-0.2, -0.15) is 0 Å². The fourth-order valence-electron chi connectivity index (χ4n) is 2.68. The highest BCUT2D eigenvalue weighted by atomic mass is 16.6. The third kappa shape index (κ3) is 3.26. The number of hydrogen-bond acceptors (Lipinski definition) is 4. The van der Waals surface area contributed by atoms with Crippen molar-refractivity contribution in [3.8, 4) is 11.5 Å². The lowest BCUT2D eigenvalue weighted by Gasteiger charge is -2.20. The van der Waals surface area contributed by atoms with Gasteiger partial charge in [0.2, 0.25) is 0 Å². The molecule has 118 valence electrons. The van der Waals surface area contributed by atoms with Crippen LogP contribution in [0.1, 0.15) is 39.1 Å². The van der Waals surface area contributed by atoms with Crippen molar-refractivity contribution in [2.24, 2.45) is 0 Å². The van der Waals surface area contributed by atoms with Gasteiger partial charge in [0.1, 0.15) is 13.2 Å². The molecule has 0 amide bonds. The third-order valence-corrected chi connectivity index (χ3v) is 3.89. The number of ether oxygens (including phenoxy) is 2. The van der Waals surface area contributed by atoms with Crippen LogP contribution >= 0.6 is 0 Å². The Morgan fingerprint density at radius 1 is 0.870 bits per heavy atom. The molecular formula is C19H18O4. The number of para-hydroxylation sites is 1. The van der Waals surface area contributed by atoms with Crippen molar-refractivity contribution in [1.29, 1.82) is 0 Å². The molecule has 4 nitrogen and oxygen atoms in total. The Morgan fingerprint density at radius 2 is 1.52 bits per heavy atom. The largest absolute Gasteiger partial charge is 0.486 e. The molecule has 0 bridgehead atoms. The Kier molecular flexibility index (Phi) is 4.42. The first-order valence-corrected chi connectivity index (χ1v) is 7.67. The van der Waals surface area contributed by atoms with Crippen LogP contribution in [0, 0.1) is 6.92 Å². The zero-order valence-corrected chi connectivity index (χ0v) is 13.0. The molecule has 0 aliphatic carbocycles. The number of benzene rings is 2. The van der Waals surface area contributed by atoms with Gasteiger partial charge in [0, 0.05) is 18.4 Å². The van der Waals surface area contributed by atoms with E-state index < -0.39 is 0 Å². The lowest BCUT2D eigenvalue weighted by Crippen LogP contribution is -2.18. The van der Waals surface area contributed by atoms with Gasteiger partial charge in [0.25, 0.3) is 0 Å². The zero-order chi connectivity index (χ0) is 16.2. The Hall–Kier alpha value is -2.62. The SMILES string of the molecule is Cc1ccccc1C(=O)CCC(=O)c1cccc2c1OCCO2. The molecule has 0 atom stereocenters. The molecule has 0 spiro atoms. The predicted octanol–water partition coefficient (Wildman–Crippen LogP) is 3.61. The fourth-order valence-corrected chi connectivity index (χ4v) is 2.68. The molecule has 0 saturated carbocycles. The molecule has 0 aromatic heterocycles. The molecule has 0 N–H and O–H groups in total. The van der Waals surface area contributed by atoms with Crippen molar-refractivity contribution in [3.05, 3.63) is 59.2 Å². The molecule has 1 aliphatic rings. The van der Waals surface area contributed by atoms with Gasteiger partial charge in [-0.3, -0.25) is 9.59 Å². The summed E-state index contributed by atoms with van der Waals surface area (Å²) < 4.78 is 11.0. The minimum absolute atomic E-state index is 0.0154. The smallest absolute Gasteiger partial charge is 0.172 e. The molecule has 0 unspecified atom stereocenters. The maximum atomic E-state index is 12.4. The van der Waals surface area contributed by atoms with Crippen molar-refractivity contribution < 1.29 is 19.1 Å². The summed E-state index contributed by atoms with van der Waals surface area (Å²) >= 11 is 0. The topological polar surface area (TPSA) is 52.6 Å². The average molecular weight is 310 g/mol. The van der Waals surface area contributed by atoms with Crippen molar-refractivity contribution in [2.75, 3.05) is 13.2 Å². The van der Waals surface area contributed by atoms with Crippen LogP contribution in [-0.4, -0.2) is 24.8 Å². The molecule has 0 fully saturated rings. The number of rotatable bonds is 5. The third-order valence-electron chi connectivity index (χ3n) is 3.89. The molecule has 23 heavy (non-hydrogen) atoms. The van der Waals surface area contributed by atoms with Crippen LogP contribution in [0.2, 0.25) is 0 Å². The van der Waals surface area contributed by atoms with Gasteiger partial charge in [0.15, 0.2) is 23.1 Å². The Labute approximate surface area is 135 Å². The molecule has 1 heterocycles. The second-order valence-electron chi connectivity index (χ2n) is 5.49. The number of hydrogen-bond donors (Lipinski definition) is 0. The van der Waals surface area contributed by atoms with Crippen LogP contribution < -0.4 is 9.47 Å². The predicted molar refractivity (Wildman–Crippen MR) is 86.5 cm³/mol. The molecule has 0 saturated heterocycles. The van der Waals surface area contributed by atoms with E-state index in [1.54, 1.807) is 24.3 Å². The molecule has 3 rings (SSSR count). The Bertz CT molecular complexity index is 749. The minimum Gasteiger partial charge on any atom is -0.486 e. The normalized spacial score (nSPS) is 12.7.